The Balaban J connectivity index is 2.53. The van der Waals surface area contributed by atoms with E-state index in [1.165, 1.54) is 12.1 Å². The average Bonchev–Trinajstić information content (AvgIpc) is 2.43. The molecule has 0 aliphatic carbocycles. The van der Waals surface area contributed by atoms with Gasteiger partial charge in [-0.1, -0.05) is 12.1 Å². The summed E-state index contributed by atoms with van der Waals surface area (Å²) < 4.78 is 45.2. The Bertz CT molecular complexity index is 627. The maximum atomic E-state index is 13.7. The van der Waals surface area contributed by atoms with E-state index in [4.69, 9.17) is 4.74 Å². The van der Waals surface area contributed by atoms with E-state index in [1.54, 1.807) is 13.0 Å². The zero-order chi connectivity index (χ0) is 14.7. The lowest BCUT2D eigenvalue weighted by molar-refractivity contribution is 0.267. The maximum Gasteiger partial charge on any atom is 0.161 e. The summed E-state index contributed by atoms with van der Waals surface area (Å²) in [4.78, 5) is 0. The molecular weight excluding hydrogens is 269 g/mol. The molecule has 0 amide bonds. The van der Waals surface area contributed by atoms with Gasteiger partial charge in [0.15, 0.2) is 11.6 Å². The maximum absolute atomic E-state index is 13.7. The van der Waals surface area contributed by atoms with E-state index in [0.29, 0.717) is 29.5 Å². The fourth-order valence-electron chi connectivity index (χ4n) is 1.89. The molecule has 2 rings (SSSR count). The first kappa shape index (κ1) is 14.4. The number of aliphatic hydroxyl groups excluding tert-OH is 1. The van der Waals surface area contributed by atoms with Crippen LogP contribution in [0.3, 0.4) is 0 Å². The highest BCUT2D eigenvalue weighted by atomic mass is 19.2. The van der Waals surface area contributed by atoms with Crippen LogP contribution in [-0.2, 0) is 6.61 Å². The molecule has 0 spiro atoms. The Morgan fingerprint density at radius 1 is 1.00 bits per heavy atom. The van der Waals surface area contributed by atoms with Crippen LogP contribution >= 0.6 is 0 Å². The van der Waals surface area contributed by atoms with Crippen molar-refractivity contribution in [1.29, 1.82) is 0 Å². The Kier molecular flexibility index (Phi) is 4.29. The molecule has 2 aromatic carbocycles. The number of hydrogen-bond donors (Lipinski definition) is 1. The minimum absolute atomic E-state index is 0.0608. The molecule has 106 valence electrons. The number of aliphatic hydroxyl groups is 1. The Morgan fingerprint density at radius 2 is 1.70 bits per heavy atom. The van der Waals surface area contributed by atoms with Crippen molar-refractivity contribution >= 4 is 0 Å². The molecule has 0 saturated carbocycles. The largest absolute Gasteiger partial charge is 0.493 e. The van der Waals surface area contributed by atoms with Crippen LogP contribution in [0.4, 0.5) is 13.2 Å². The lowest BCUT2D eigenvalue weighted by Gasteiger charge is -2.11. The molecule has 0 fully saturated rings. The first-order valence-electron chi connectivity index (χ1n) is 6.08. The minimum atomic E-state index is -1.23. The van der Waals surface area contributed by atoms with Crippen LogP contribution in [0.25, 0.3) is 11.1 Å². The van der Waals surface area contributed by atoms with E-state index < -0.39 is 17.5 Å². The molecule has 5 heteroatoms. The lowest BCUT2D eigenvalue weighted by Crippen LogP contribution is -1.98. The van der Waals surface area contributed by atoms with Crippen molar-refractivity contribution in [2.75, 3.05) is 6.61 Å². The van der Waals surface area contributed by atoms with Crippen LogP contribution in [0.15, 0.2) is 30.3 Å². The molecule has 2 aromatic rings. The molecule has 0 bridgehead atoms. The van der Waals surface area contributed by atoms with Crippen LogP contribution < -0.4 is 4.74 Å². The molecule has 0 aliphatic rings. The normalized spacial score (nSPS) is 10.7. The van der Waals surface area contributed by atoms with E-state index in [9.17, 15) is 18.3 Å². The molecule has 0 heterocycles. The first-order chi connectivity index (χ1) is 9.56. The van der Waals surface area contributed by atoms with Gasteiger partial charge in [-0.3, -0.25) is 0 Å². The zero-order valence-corrected chi connectivity index (χ0v) is 10.8. The van der Waals surface area contributed by atoms with Gasteiger partial charge in [-0.25, -0.2) is 13.2 Å². The summed E-state index contributed by atoms with van der Waals surface area (Å²) in [5, 5.41) is 9.18. The van der Waals surface area contributed by atoms with Crippen molar-refractivity contribution in [3.63, 3.8) is 0 Å². The third-order valence-corrected chi connectivity index (χ3v) is 2.86. The lowest BCUT2D eigenvalue weighted by atomic mass is 10.0. The van der Waals surface area contributed by atoms with Gasteiger partial charge in [-0.2, -0.15) is 0 Å². The summed E-state index contributed by atoms with van der Waals surface area (Å²) in [5.41, 5.74) is 0.829. The van der Waals surface area contributed by atoms with Gasteiger partial charge in [0.05, 0.1) is 13.2 Å². The van der Waals surface area contributed by atoms with Crippen LogP contribution in [0, 0.1) is 17.5 Å². The highest BCUT2D eigenvalue weighted by Gasteiger charge is 2.13. The van der Waals surface area contributed by atoms with Crippen LogP contribution in [-0.4, -0.2) is 11.7 Å². The van der Waals surface area contributed by atoms with Crippen LogP contribution in [0.2, 0.25) is 0 Å². The van der Waals surface area contributed by atoms with Crippen LogP contribution in [0.5, 0.6) is 5.75 Å². The second-order valence-corrected chi connectivity index (χ2v) is 4.16. The van der Waals surface area contributed by atoms with Gasteiger partial charge in [0, 0.05) is 17.2 Å². The van der Waals surface area contributed by atoms with Gasteiger partial charge < -0.3 is 9.84 Å². The average molecular weight is 282 g/mol. The molecular formula is C15H13F3O2. The summed E-state index contributed by atoms with van der Waals surface area (Å²) >= 11 is 0. The van der Waals surface area contributed by atoms with E-state index in [2.05, 4.69) is 0 Å². The molecule has 0 saturated heterocycles. The third kappa shape index (κ3) is 2.77. The van der Waals surface area contributed by atoms with Crippen molar-refractivity contribution in [3.8, 4) is 16.9 Å². The highest BCUT2D eigenvalue weighted by molar-refractivity contribution is 5.67. The first-order valence-corrected chi connectivity index (χ1v) is 6.08. The third-order valence-electron chi connectivity index (χ3n) is 2.86. The van der Waals surface area contributed by atoms with Crippen molar-refractivity contribution in [3.05, 3.63) is 53.3 Å². The molecule has 2 nitrogen and oxygen atoms in total. The summed E-state index contributed by atoms with van der Waals surface area (Å²) in [7, 11) is 0. The van der Waals surface area contributed by atoms with Crippen molar-refractivity contribution in [2.45, 2.75) is 13.5 Å². The Morgan fingerprint density at radius 3 is 2.35 bits per heavy atom. The van der Waals surface area contributed by atoms with Crippen molar-refractivity contribution < 1.29 is 23.0 Å². The predicted octanol–water partition coefficient (Wildman–Crippen LogP) is 3.66. The van der Waals surface area contributed by atoms with E-state index in [0.717, 1.165) is 6.07 Å². The van der Waals surface area contributed by atoms with Gasteiger partial charge in [0.25, 0.3) is 0 Å². The van der Waals surface area contributed by atoms with Gasteiger partial charge in [0.2, 0.25) is 0 Å². The van der Waals surface area contributed by atoms with Crippen molar-refractivity contribution in [1.82, 2.24) is 0 Å². The highest BCUT2D eigenvalue weighted by Crippen LogP contribution is 2.30. The van der Waals surface area contributed by atoms with Crippen molar-refractivity contribution in [2.24, 2.45) is 0 Å². The predicted molar refractivity (Wildman–Crippen MR) is 68.8 cm³/mol. The summed E-state index contributed by atoms with van der Waals surface area (Å²) in [5.74, 6) is -2.83. The SMILES string of the molecule is CCOc1cc(-c2cc(F)c(F)cc2F)ccc1CO. The minimum Gasteiger partial charge on any atom is -0.493 e. The molecule has 20 heavy (non-hydrogen) atoms. The number of rotatable bonds is 4. The van der Waals surface area contributed by atoms with E-state index >= 15 is 0 Å². The van der Waals surface area contributed by atoms with E-state index in [-0.39, 0.29) is 12.2 Å². The van der Waals surface area contributed by atoms with Gasteiger partial charge >= 0.3 is 0 Å². The summed E-state index contributed by atoms with van der Waals surface area (Å²) in [6, 6.07) is 5.87. The molecule has 0 aliphatic heterocycles. The van der Waals surface area contributed by atoms with Crippen LogP contribution in [0.1, 0.15) is 12.5 Å². The molecule has 1 N–H and O–H groups in total. The molecule has 0 atom stereocenters. The van der Waals surface area contributed by atoms with Gasteiger partial charge in [-0.15, -0.1) is 0 Å². The number of ether oxygens (including phenoxy) is 1. The smallest absolute Gasteiger partial charge is 0.161 e. The van der Waals surface area contributed by atoms with E-state index in [1.807, 2.05) is 0 Å². The summed E-state index contributed by atoms with van der Waals surface area (Å²) in [6.07, 6.45) is 0. The molecule has 0 unspecified atom stereocenters. The molecule has 0 radical (unpaired) electrons. The monoisotopic (exact) mass is 282 g/mol. The quantitative estimate of drug-likeness (QED) is 0.867. The number of halogens is 3. The number of benzene rings is 2. The standard InChI is InChI=1S/C15H13F3O2/c1-2-20-15-5-9(3-4-10(15)8-19)11-6-13(17)14(18)7-12(11)16/h3-7,19H,2,8H2,1H3. The fourth-order valence-corrected chi connectivity index (χ4v) is 1.89. The molecule has 0 aromatic heterocycles. The summed E-state index contributed by atoms with van der Waals surface area (Å²) in [6.45, 7) is 1.92. The Hall–Kier alpha value is -2.01. The van der Waals surface area contributed by atoms with Gasteiger partial charge in [0.1, 0.15) is 11.6 Å². The Labute approximate surface area is 114 Å². The fraction of sp³-hybridized carbons (Fsp3) is 0.200. The zero-order valence-electron chi connectivity index (χ0n) is 10.8. The second kappa shape index (κ2) is 5.96. The topological polar surface area (TPSA) is 29.5 Å². The van der Waals surface area contributed by atoms with Gasteiger partial charge in [-0.05, 0) is 24.6 Å². The second-order valence-electron chi connectivity index (χ2n) is 4.16. The number of hydrogen-bond acceptors (Lipinski definition) is 2.